The van der Waals surface area contributed by atoms with Crippen LogP contribution in [0.4, 0.5) is 0 Å². The van der Waals surface area contributed by atoms with Gasteiger partial charge in [0.1, 0.15) is 0 Å². The Balaban J connectivity index is 2.40. The predicted octanol–water partition coefficient (Wildman–Crippen LogP) is 12.3. The Morgan fingerprint density at radius 1 is 0.345 bits per heavy atom. The van der Waals surface area contributed by atoms with Crippen LogP contribution in [0.3, 0.4) is 0 Å². The molecule has 6 aromatic rings. The molecule has 0 fully saturated rings. The normalized spacial score (nSPS) is 12.6. The Labute approximate surface area is 359 Å². The van der Waals surface area contributed by atoms with Crippen LogP contribution in [0.5, 0.6) is 0 Å². The van der Waals surface area contributed by atoms with Crippen molar-refractivity contribution in [3.8, 4) is 0 Å². The molecule has 0 aliphatic heterocycles. The fraction of sp³-hybridized carbons (Fsp3) is 0.720. The molecule has 0 saturated heterocycles. The van der Waals surface area contributed by atoms with Crippen LogP contribution < -0.4 is 29.4 Å². The summed E-state index contributed by atoms with van der Waals surface area (Å²) in [4.78, 5) is 61.9. The standard InChI is InChI=1S/C26H28N2O4.6C4H9.2Sn/c1-3-5-7-9-15-27-23(29)17-11-12-18(24(27)30)22-20-14-13-19(21(17)22)25(31)28(26(20)32)16-10-8-6-4-2;6*1-3-4-2;;/h11,14H,3-10,15-16H2,1-2H3;6*1,3-4H2,2H3;;. The molecule has 8 heteroatoms. The molecule has 4 heterocycles. The maximum absolute atomic E-state index is 15.6. The van der Waals surface area contributed by atoms with Crippen LogP contribution in [-0.2, 0) is 13.1 Å². The molecular weight excluding hydrogens is 930 g/mol. The second-order valence-corrected chi connectivity index (χ2v) is 44.5. The Hall–Kier alpha value is -1.42. The van der Waals surface area contributed by atoms with Gasteiger partial charge in [-0.05, 0) is 0 Å². The van der Waals surface area contributed by atoms with Crippen LogP contribution in [0.2, 0.25) is 26.6 Å². The topological polar surface area (TPSA) is 78.1 Å². The molecule has 0 aliphatic carbocycles. The van der Waals surface area contributed by atoms with Gasteiger partial charge in [-0.2, -0.15) is 0 Å². The number of benzene rings is 2. The number of nitrogens with zero attached hydrogens (tertiary/aromatic N) is 2. The second kappa shape index (κ2) is 24.3. The Morgan fingerprint density at radius 2 is 0.621 bits per heavy atom. The van der Waals surface area contributed by atoms with E-state index in [9.17, 15) is 0 Å². The summed E-state index contributed by atoms with van der Waals surface area (Å²) >= 11 is -6.87. The molecule has 0 saturated carbocycles. The van der Waals surface area contributed by atoms with Gasteiger partial charge < -0.3 is 0 Å². The third-order valence-corrected chi connectivity index (χ3v) is 45.2. The van der Waals surface area contributed by atoms with Gasteiger partial charge in [0.25, 0.3) is 0 Å². The van der Waals surface area contributed by atoms with Crippen molar-refractivity contribution >= 4 is 76.2 Å². The number of fused-ring (bicyclic) bond motifs is 6. The van der Waals surface area contributed by atoms with Gasteiger partial charge in [0.15, 0.2) is 0 Å². The van der Waals surface area contributed by atoms with E-state index in [1.807, 2.05) is 0 Å². The van der Waals surface area contributed by atoms with E-state index in [1.165, 1.54) is 7.16 Å². The van der Waals surface area contributed by atoms with Crippen LogP contribution in [0, 0.1) is 0 Å². The van der Waals surface area contributed by atoms with E-state index in [4.69, 9.17) is 0 Å². The van der Waals surface area contributed by atoms with Crippen LogP contribution in [0.25, 0.3) is 32.3 Å². The van der Waals surface area contributed by atoms with Gasteiger partial charge in [-0.25, -0.2) is 0 Å². The van der Waals surface area contributed by atoms with Crippen LogP contribution in [-0.4, -0.2) is 45.9 Å². The molecule has 0 atom stereocenters. The van der Waals surface area contributed by atoms with Gasteiger partial charge >= 0.3 is 362 Å². The quantitative estimate of drug-likeness (QED) is 0.0385. The minimum atomic E-state index is -3.44. The zero-order valence-corrected chi connectivity index (χ0v) is 44.2. The van der Waals surface area contributed by atoms with Gasteiger partial charge in [-0.1, -0.05) is 0 Å². The molecule has 0 radical (unpaired) electrons. The summed E-state index contributed by atoms with van der Waals surface area (Å²) in [5.74, 6) is 0. The summed E-state index contributed by atoms with van der Waals surface area (Å²) in [5, 5.41) is 3.81. The van der Waals surface area contributed by atoms with Crippen LogP contribution in [0.15, 0.2) is 31.3 Å². The number of hydrogen-bond acceptors (Lipinski definition) is 4. The maximum atomic E-state index is 15.6. The number of aromatic nitrogens is 2. The third kappa shape index (κ3) is 10.8. The van der Waals surface area contributed by atoms with E-state index < -0.39 is 36.8 Å². The van der Waals surface area contributed by atoms with Gasteiger partial charge in [0, 0.05) is 0 Å². The van der Waals surface area contributed by atoms with Gasteiger partial charge in [-0.3, -0.25) is 0 Å². The first-order chi connectivity index (χ1) is 28.1. The molecule has 324 valence electrons. The van der Waals surface area contributed by atoms with Gasteiger partial charge in [0.2, 0.25) is 0 Å². The molecular formula is C50H82N2O4Sn2. The molecule has 6 rings (SSSR count). The molecule has 58 heavy (non-hydrogen) atoms. The molecule has 0 unspecified atom stereocenters. The first kappa shape index (κ1) is 49.2. The zero-order chi connectivity index (χ0) is 42.3. The van der Waals surface area contributed by atoms with Crippen molar-refractivity contribution in [3.63, 3.8) is 0 Å². The summed E-state index contributed by atoms with van der Waals surface area (Å²) < 4.78 is 12.4. The van der Waals surface area contributed by atoms with E-state index in [1.54, 1.807) is 9.13 Å². The second-order valence-electron chi connectivity index (χ2n) is 18.3. The van der Waals surface area contributed by atoms with Crippen molar-refractivity contribution in [2.24, 2.45) is 0 Å². The van der Waals surface area contributed by atoms with E-state index in [-0.39, 0.29) is 22.2 Å². The van der Waals surface area contributed by atoms with Gasteiger partial charge in [-0.15, -0.1) is 0 Å². The number of rotatable bonds is 30. The minimum absolute atomic E-state index is 0.193. The van der Waals surface area contributed by atoms with Gasteiger partial charge in [0.05, 0.1) is 0 Å². The molecule has 0 aliphatic rings. The number of hydrogen-bond donors (Lipinski definition) is 0. The fourth-order valence-corrected chi connectivity index (χ4v) is 43.9. The molecule has 0 amide bonds. The summed E-state index contributed by atoms with van der Waals surface area (Å²) in [6.07, 6.45) is 21.1. The first-order valence-corrected chi connectivity index (χ1v) is 39.5. The monoisotopic (exact) mass is 1010 g/mol. The molecule has 6 nitrogen and oxygen atoms in total. The molecule has 0 N–H and O–H groups in total. The van der Waals surface area contributed by atoms with E-state index in [0.717, 1.165) is 155 Å². The van der Waals surface area contributed by atoms with Crippen molar-refractivity contribution in [3.05, 3.63) is 53.5 Å². The summed E-state index contributed by atoms with van der Waals surface area (Å²) in [7, 11) is 0. The van der Waals surface area contributed by atoms with Crippen molar-refractivity contribution in [1.82, 2.24) is 9.13 Å². The van der Waals surface area contributed by atoms with E-state index in [2.05, 4.69) is 67.5 Å². The molecule has 4 aromatic heterocycles. The molecule has 0 spiro atoms. The Bertz CT molecular complexity index is 1910. The average Bonchev–Trinajstić information content (AvgIpc) is 3.49. The zero-order valence-electron chi connectivity index (χ0n) is 38.5. The van der Waals surface area contributed by atoms with Crippen molar-refractivity contribution in [1.29, 1.82) is 0 Å². The van der Waals surface area contributed by atoms with Crippen molar-refractivity contribution in [2.75, 3.05) is 0 Å². The summed E-state index contributed by atoms with van der Waals surface area (Å²) in [6, 6.07) is 4.43. The first-order valence-electron chi connectivity index (χ1n) is 24.5. The SMILES string of the molecule is CCCCCCn1c(=O)c2c[c]([Sn]([CH2]CCC)([CH2]CCC)[CH2]CCC)c(c1=O)c1c3c[c]([Sn]([CH2]CCC)([CH2]CCC)[CH2]CCC)c(c(=O)n(CCCCCC)c3=O)c21. The van der Waals surface area contributed by atoms with Crippen LogP contribution >= 0.6 is 0 Å². The predicted molar refractivity (Wildman–Crippen MR) is 260 cm³/mol. The summed E-state index contributed by atoms with van der Waals surface area (Å²) in [6.45, 7) is 18.8. The van der Waals surface area contributed by atoms with E-state index in [0.29, 0.717) is 45.4 Å². The third-order valence-electron chi connectivity index (χ3n) is 13.9. The average molecular weight is 1010 g/mol. The summed E-state index contributed by atoms with van der Waals surface area (Å²) in [5.41, 5.74) is -0.846. The molecule has 4 bridgehead atoms. The number of unbranched alkanes of at least 4 members (excludes halogenated alkanes) is 12. The Morgan fingerprint density at radius 3 is 0.879 bits per heavy atom. The Kier molecular flexibility index (Phi) is 20.6. The van der Waals surface area contributed by atoms with Crippen LogP contribution in [0.1, 0.15) is 184 Å². The van der Waals surface area contributed by atoms with Crippen molar-refractivity contribution in [2.45, 2.75) is 224 Å². The fourth-order valence-electron chi connectivity index (χ4n) is 10.4. The van der Waals surface area contributed by atoms with Crippen molar-refractivity contribution < 1.29 is 0 Å². The molecule has 2 aromatic carbocycles. The van der Waals surface area contributed by atoms with E-state index >= 15 is 19.2 Å².